The summed E-state index contributed by atoms with van der Waals surface area (Å²) in [6.07, 6.45) is 1.40. The van der Waals surface area contributed by atoms with Crippen LogP contribution in [0.15, 0.2) is 24.3 Å². The lowest BCUT2D eigenvalue weighted by atomic mass is 10.1. The molecular weight excluding hydrogens is 286 g/mol. The van der Waals surface area contributed by atoms with Gasteiger partial charge in [0.05, 0.1) is 25.3 Å². The molecule has 118 valence electrons. The van der Waals surface area contributed by atoms with E-state index in [9.17, 15) is 9.59 Å². The van der Waals surface area contributed by atoms with E-state index in [-0.39, 0.29) is 19.1 Å². The van der Waals surface area contributed by atoms with Gasteiger partial charge in [0.15, 0.2) is 6.10 Å². The third-order valence-electron chi connectivity index (χ3n) is 3.92. The first kappa shape index (κ1) is 14.8. The summed E-state index contributed by atoms with van der Waals surface area (Å²) < 4.78 is 10.9. The fraction of sp³-hybridized carbons (Fsp3) is 0.500. The predicted molar refractivity (Wildman–Crippen MR) is 77.9 cm³/mol. The van der Waals surface area contributed by atoms with Crippen LogP contribution in [0, 0.1) is 5.92 Å². The van der Waals surface area contributed by atoms with Gasteiger partial charge >= 0.3 is 5.97 Å². The minimum atomic E-state index is -1.05. The Labute approximate surface area is 128 Å². The Kier molecular flexibility index (Phi) is 4.29. The molecule has 1 aromatic carbocycles. The number of hydrogen-bond donors (Lipinski definition) is 1. The van der Waals surface area contributed by atoms with Crippen molar-refractivity contribution in [1.29, 1.82) is 0 Å². The van der Waals surface area contributed by atoms with Crippen LogP contribution in [0.4, 0.5) is 0 Å². The van der Waals surface area contributed by atoms with Gasteiger partial charge in [-0.25, -0.2) is 4.79 Å². The number of nitrogens with zero attached hydrogens (tertiary/aromatic N) is 1. The van der Waals surface area contributed by atoms with Crippen LogP contribution >= 0.6 is 0 Å². The van der Waals surface area contributed by atoms with E-state index in [1.54, 1.807) is 18.2 Å². The first-order valence-corrected chi connectivity index (χ1v) is 7.50. The highest BCUT2D eigenvalue weighted by Gasteiger charge is 2.31. The summed E-state index contributed by atoms with van der Waals surface area (Å²) in [6.45, 7) is 1.31. The predicted octanol–water partition coefficient (Wildman–Crippen LogP) is 1.40. The standard InChI is InChI=1S/C16H19NO5/c18-15(17-7-8-21-14(9-17)16(19)20)12-3-1-2-4-13(12)22-10-11-5-6-11/h1-4,11,14H,5-10H2,(H,19,20)/t14-/m1/s1. The molecular formula is C16H19NO5. The van der Waals surface area contributed by atoms with Gasteiger partial charge in [0.1, 0.15) is 5.75 Å². The maximum absolute atomic E-state index is 12.6. The van der Waals surface area contributed by atoms with Crippen LogP contribution in [-0.2, 0) is 9.53 Å². The van der Waals surface area contributed by atoms with Crippen molar-refractivity contribution in [3.05, 3.63) is 29.8 Å². The summed E-state index contributed by atoms with van der Waals surface area (Å²) in [7, 11) is 0. The minimum absolute atomic E-state index is 0.0606. The van der Waals surface area contributed by atoms with Gasteiger partial charge in [0.2, 0.25) is 0 Å². The number of para-hydroxylation sites is 1. The smallest absolute Gasteiger partial charge is 0.334 e. The highest BCUT2D eigenvalue weighted by atomic mass is 16.5. The molecule has 1 aliphatic carbocycles. The first-order valence-electron chi connectivity index (χ1n) is 7.50. The second-order valence-corrected chi connectivity index (χ2v) is 5.70. The third-order valence-corrected chi connectivity index (χ3v) is 3.92. The van der Waals surface area contributed by atoms with Crippen LogP contribution in [0.3, 0.4) is 0 Å². The summed E-state index contributed by atoms with van der Waals surface area (Å²) in [6, 6.07) is 7.12. The average Bonchev–Trinajstić information content (AvgIpc) is 3.37. The Bertz CT molecular complexity index is 569. The number of morpholine rings is 1. The number of carboxylic acid groups (broad SMARTS) is 1. The summed E-state index contributed by atoms with van der Waals surface area (Å²) >= 11 is 0. The zero-order valence-corrected chi connectivity index (χ0v) is 12.2. The Morgan fingerprint density at radius 2 is 2.09 bits per heavy atom. The summed E-state index contributed by atoms with van der Waals surface area (Å²) in [5, 5.41) is 9.03. The van der Waals surface area contributed by atoms with Crippen LogP contribution in [0.1, 0.15) is 23.2 Å². The Morgan fingerprint density at radius 3 is 2.82 bits per heavy atom. The van der Waals surface area contributed by atoms with E-state index in [2.05, 4.69) is 0 Å². The van der Waals surface area contributed by atoms with Gasteiger partial charge in [0.25, 0.3) is 5.91 Å². The van der Waals surface area contributed by atoms with Crippen LogP contribution in [-0.4, -0.2) is 54.3 Å². The average molecular weight is 305 g/mol. The van der Waals surface area contributed by atoms with Crippen molar-refractivity contribution in [3.63, 3.8) is 0 Å². The van der Waals surface area contributed by atoms with Crippen molar-refractivity contribution in [3.8, 4) is 5.75 Å². The van der Waals surface area contributed by atoms with Gasteiger partial charge in [-0.05, 0) is 30.9 Å². The lowest BCUT2D eigenvalue weighted by Gasteiger charge is -2.31. The minimum Gasteiger partial charge on any atom is -0.492 e. The molecule has 6 nitrogen and oxygen atoms in total. The number of hydrogen-bond acceptors (Lipinski definition) is 4. The maximum atomic E-state index is 12.6. The fourth-order valence-electron chi connectivity index (χ4n) is 2.41. The maximum Gasteiger partial charge on any atom is 0.334 e. The monoisotopic (exact) mass is 305 g/mol. The first-order chi connectivity index (χ1) is 10.6. The molecule has 1 saturated carbocycles. The molecule has 1 amide bonds. The number of rotatable bonds is 5. The molecule has 1 N–H and O–H groups in total. The third kappa shape index (κ3) is 3.39. The molecule has 22 heavy (non-hydrogen) atoms. The molecule has 1 aromatic rings. The van der Waals surface area contributed by atoms with Gasteiger partial charge in [0, 0.05) is 6.54 Å². The number of benzene rings is 1. The molecule has 1 saturated heterocycles. The Hall–Kier alpha value is -2.08. The zero-order valence-electron chi connectivity index (χ0n) is 12.2. The van der Waals surface area contributed by atoms with Gasteiger partial charge in [-0.2, -0.15) is 0 Å². The highest BCUT2D eigenvalue weighted by molar-refractivity contribution is 5.97. The molecule has 2 aliphatic rings. The van der Waals surface area contributed by atoms with E-state index in [0.717, 1.165) is 0 Å². The molecule has 0 spiro atoms. The Morgan fingerprint density at radius 1 is 1.32 bits per heavy atom. The van der Waals surface area contributed by atoms with Gasteiger partial charge in [-0.3, -0.25) is 4.79 Å². The number of amides is 1. The van der Waals surface area contributed by atoms with Gasteiger partial charge < -0.3 is 19.5 Å². The second-order valence-electron chi connectivity index (χ2n) is 5.70. The van der Waals surface area contributed by atoms with E-state index in [1.165, 1.54) is 17.7 Å². The van der Waals surface area contributed by atoms with Crippen LogP contribution in [0.25, 0.3) is 0 Å². The number of carboxylic acids is 1. The van der Waals surface area contributed by atoms with Crippen molar-refractivity contribution >= 4 is 11.9 Å². The number of ether oxygens (including phenoxy) is 2. The molecule has 0 bridgehead atoms. The van der Waals surface area contributed by atoms with Crippen molar-refractivity contribution in [2.24, 2.45) is 5.92 Å². The molecule has 0 aromatic heterocycles. The molecule has 2 fully saturated rings. The van der Waals surface area contributed by atoms with Crippen molar-refractivity contribution in [2.45, 2.75) is 18.9 Å². The van der Waals surface area contributed by atoms with Crippen molar-refractivity contribution in [1.82, 2.24) is 4.90 Å². The van der Waals surface area contributed by atoms with E-state index < -0.39 is 12.1 Å². The Balaban J connectivity index is 1.71. The molecule has 1 heterocycles. The number of carbonyl (C=O) groups is 2. The summed E-state index contributed by atoms with van der Waals surface area (Å²) in [5.74, 6) is -0.0857. The van der Waals surface area contributed by atoms with Crippen LogP contribution in [0.2, 0.25) is 0 Å². The number of carbonyl (C=O) groups excluding carboxylic acids is 1. The van der Waals surface area contributed by atoms with Crippen molar-refractivity contribution < 1.29 is 24.2 Å². The number of aliphatic carboxylic acids is 1. The zero-order chi connectivity index (χ0) is 15.5. The van der Waals surface area contributed by atoms with E-state index in [4.69, 9.17) is 14.6 Å². The van der Waals surface area contributed by atoms with Crippen LogP contribution < -0.4 is 4.74 Å². The topological polar surface area (TPSA) is 76.1 Å². The lowest BCUT2D eigenvalue weighted by molar-refractivity contribution is -0.154. The summed E-state index contributed by atoms with van der Waals surface area (Å²) in [5.41, 5.74) is 0.481. The van der Waals surface area contributed by atoms with E-state index in [0.29, 0.717) is 30.4 Å². The quantitative estimate of drug-likeness (QED) is 0.890. The summed E-state index contributed by atoms with van der Waals surface area (Å²) in [4.78, 5) is 25.2. The van der Waals surface area contributed by atoms with Crippen LogP contribution in [0.5, 0.6) is 5.75 Å². The fourth-order valence-corrected chi connectivity index (χ4v) is 2.41. The molecule has 1 aliphatic heterocycles. The lowest BCUT2D eigenvalue weighted by Crippen LogP contribution is -2.48. The highest BCUT2D eigenvalue weighted by Crippen LogP contribution is 2.30. The van der Waals surface area contributed by atoms with Crippen molar-refractivity contribution in [2.75, 3.05) is 26.3 Å². The largest absolute Gasteiger partial charge is 0.492 e. The molecule has 3 rings (SSSR count). The molecule has 6 heteroatoms. The molecule has 1 atom stereocenters. The normalized spacial score (nSPS) is 21.5. The second kappa shape index (κ2) is 6.36. The van der Waals surface area contributed by atoms with E-state index in [1.807, 2.05) is 6.07 Å². The molecule has 0 radical (unpaired) electrons. The van der Waals surface area contributed by atoms with Gasteiger partial charge in [-0.1, -0.05) is 12.1 Å². The van der Waals surface area contributed by atoms with E-state index >= 15 is 0 Å². The van der Waals surface area contributed by atoms with Gasteiger partial charge in [-0.15, -0.1) is 0 Å². The molecule has 0 unspecified atom stereocenters. The SMILES string of the molecule is O=C(O)[C@H]1CN(C(=O)c2ccccc2OCC2CC2)CCO1.